The Balaban J connectivity index is 2.55. The van der Waals surface area contributed by atoms with Gasteiger partial charge in [-0.2, -0.15) is 0 Å². The second-order valence-electron chi connectivity index (χ2n) is 5.88. The van der Waals surface area contributed by atoms with E-state index in [4.69, 9.17) is 4.74 Å². The van der Waals surface area contributed by atoms with Crippen LogP contribution < -0.4 is 5.32 Å². The van der Waals surface area contributed by atoms with Gasteiger partial charge in [-0.3, -0.25) is 14.4 Å². The van der Waals surface area contributed by atoms with Crippen molar-refractivity contribution in [1.29, 1.82) is 0 Å². The minimum absolute atomic E-state index is 0.0226. The average molecular weight is 334 g/mol. The molecule has 2 amide bonds. The van der Waals surface area contributed by atoms with Gasteiger partial charge in [0, 0.05) is 19.2 Å². The maximum atomic E-state index is 12.2. The molecule has 0 atom stereocenters. The number of esters is 1. The van der Waals surface area contributed by atoms with Gasteiger partial charge >= 0.3 is 5.97 Å². The minimum atomic E-state index is -0.408. The smallest absolute Gasteiger partial charge is 0.306 e. The van der Waals surface area contributed by atoms with E-state index < -0.39 is 5.97 Å². The number of benzene rings is 1. The summed E-state index contributed by atoms with van der Waals surface area (Å²) < 4.78 is 4.78. The van der Waals surface area contributed by atoms with Crippen molar-refractivity contribution in [2.24, 2.45) is 0 Å². The number of anilines is 1. The van der Waals surface area contributed by atoms with Gasteiger partial charge in [0.25, 0.3) is 0 Å². The third kappa shape index (κ3) is 6.02. The molecule has 0 bridgehead atoms. The summed E-state index contributed by atoms with van der Waals surface area (Å²) in [4.78, 5) is 36.7. The lowest BCUT2D eigenvalue weighted by molar-refractivity contribution is -0.145. The van der Waals surface area contributed by atoms with Gasteiger partial charge in [-0.25, -0.2) is 0 Å². The minimum Gasteiger partial charge on any atom is -0.466 e. The number of amides is 2. The molecule has 24 heavy (non-hydrogen) atoms. The Kier molecular flexibility index (Phi) is 7.42. The fourth-order valence-electron chi connectivity index (χ4n) is 2.49. The molecule has 6 nitrogen and oxygen atoms in total. The first kappa shape index (κ1) is 19.7. The van der Waals surface area contributed by atoms with E-state index in [-0.39, 0.29) is 31.2 Å². The Bertz CT molecular complexity index is 602. The standard InChI is InChI=1S/C18H26N2O4/c1-6-24-17(23)8-7-16(22)20(5)11-15(21)19-18-13(3)9-12(2)10-14(18)4/h9-10H,6-8,11H2,1-5H3,(H,19,21). The molecular formula is C18H26N2O4. The zero-order chi connectivity index (χ0) is 18.3. The van der Waals surface area contributed by atoms with Gasteiger partial charge in [-0.15, -0.1) is 0 Å². The number of ether oxygens (including phenoxy) is 1. The number of nitrogens with zero attached hydrogens (tertiary/aromatic N) is 1. The maximum absolute atomic E-state index is 12.2. The molecule has 1 N–H and O–H groups in total. The monoisotopic (exact) mass is 334 g/mol. The van der Waals surface area contributed by atoms with Crippen LogP contribution in [0.25, 0.3) is 0 Å². The van der Waals surface area contributed by atoms with Crippen molar-refractivity contribution < 1.29 is 19.1 Å². The number of nitrogens with one attached hydrogen (secondary N) is 1. The molecule has 0 heterocycles. The molecular weight excluding hydrogens is 308 g/mol. The number of rotatable bonds is 7. The highest BCUT2D eigenvalue weighted by Gasteiger charge is 2.16. The van der Waals surface area contributed by atoms with Crippen LogP contribution in [-0.4, -0.2) is 42.9 Å². The highest BCUT2D eigenvalue weighted by Crippen LogP contribution is 2.21. The summed E-state index contributed by atoms with van der Waals surface area (Å²) >= 11 is 0. The first-order chi connectivity index (χ1) is 11.2. The average Bonchev–Trinajstić information content (AvgIpc) is 2.48. The third-order valence-electron chi connectivity index (χ3n) is 3.60. The molecule has 0 spiro atoms. The van der Waals surface area contributed by atoms with Crippen molar-refractivity contribution in [3.63, 3.8) is 0 Å². The van der Waals surface area contributed by atoms with Crippen LogP contribution in [-0.2, 0) is 19.1 Å². The molecule has 6 heteroatoms. The van der Waals surface area contributed by atoms with Crippen molar-refractivity contribution in [2.75, 3.05) is 25.5 Å². The summed E-state index contributed by atoms with van der Waals surface area (Å²) in [6.07, 6.45) is 0.0556. The van der Waals surface area contributed by atoms with Crippen molar-refractivity contribution in [3.05, 3.63) is 28.8 Å². The summed E-state index contributed by atoms with van der Waals surface area (Å²) in [5.74, 6) is -0.942. The molecule has 0 fully saturated rings. The van der Waals surface area contributed by atoms with Crippen LogP contribution in [0, 0.1) is 20.8 Å². The first-order valence-corrected chi connectivity index (χ1v) is 8.01. The summed E-state index contributed by atoms with van der Waals surface area (Å²) in [7, 11) is 1.54. The Hall–Kier alpha value is -2.37. The van der Waals surface area contributed by atoms with E-state index in [0.717, 1.165) is 22.4 Å². The van der Waals surface area contributed by atoms with Crippen LogP contribution in [0.5, 0.6) is 0 Å². The van der Waals surface area contributed by atoms with Crippen LogP contribution in [0.1, 0.15) is 36.5 Å². The van der Waals surface area contributed by atoms with E-state index in [1.54, 1.807) is 14.0 Å². The molecule has 0 aliphatic rings. The van der Waals surface area contributed by atoms with Gasteiger partial charge in [0.2, 0.25) is 11.8 Å². The number of carbonyl (C=O) groups is 3. The fraction of sp³-hybridized carbons (Fsp3) is 0.500. The van der Waals surface area contributed by atoms with Crippen molar-refractivity contribution in [1.82, 2.24) is 4.90 Å². The molecule has 132 valence electrons. The topological polar surface area (TPSA) is 75.7 Å². The van der Waals surface area contributed by atoms with E-state index in [9.17, 15) is 14.4 Å². The molecule has 1 rings (SSSR count). The molecule has 1 aromatic rings. The van der Waals surface area contributed by atoms with Crippen LogP contribution in [0.15, 0.2) is 12.1 Å². The van der Waals surface area contributed by atoms with E-state index in [0.29, 0.717) is 6.61 Å². The van der Waals surface area contributed by atoms with E-state index in [1.165, 1.54) is 4.90 Å². The summed E-state index contributed by atoms with van der Waals surface area (Å²) in [6.45, 7) is 7.81. The predicted octanol–water partition coefficient (Wildman–Crippen LogP) is 2.35. The van der Waals surface area contributed by atoms with Gasteiger partial charge in [-0.1, -0.05) is 17.7 Å². The highest BCUT2D eigenvalue weighted by atomic mass is 16.5. The molecule has 0 aliphatic carbocycles. The molecule has 0 unspecified atom stereocenters. The predicted molar refractivity (Wildman–Crippen MR) is 92.8 cm³/mol. The number of hydrogen-bond acceptors (Lipinski definition) is 4. The number of carbonyl (C=O) groups excluding carboxylic acids is 3. The zero-order valence-corrected chi connectivity index (χ0v) is 15.1. The summed E-state index contributed by atoms with van der Waals surface area (Å²) in [6, 6.07) is 3.99. The quantitative estimate of drug-likeness (QED) is 0.777. The SMILES string of the molecule is CCOC(=O)CCC(=O)N(C)CC(=O)Nc1c(C)cc(C)cc1C. The van der Waals surface area contributed by atoms with Gasteiger partial charge in [0.15, 0.2) is 0 Å². The fourth-order valence-corrected chi connectivity index (χ4v) is 2.49. The number of likely N-dealkylation sites (N-methyl/N-ethyl adjacent to an activating group) is 1. The van der Waals surface area contributed by atoms with E-state index in [2.05, 4.69) is 5.32 Å². The Morgan fingerprint density at radius 1 is 1.08 bits per heavy atom. The van der Waals surface area contributed by atoms with Crippen LogP contribution in [0.2, 0.25) is 0 Å². The van der Waals surface area contributed by atoms with Gasteiger partial charge in [0.1, 0.15) is 0 Å². The largest absolute Gasteiger partial charge is 0.466 e. The summed E-state index contributed by atoms with van der Waals surface area (Å²) in [5, 5.41) is 2.85. The maximum Gasteiger partial charge on any atom is 0.306 e. The third-order valence-corrected chi connectivity index (χ3v) is 3.60. The first-order valence-electron chi connectivity index (χ1n) is 8.01. The lowest BCUT2D eigenvalue weighted by Crippen LogP contribution is -2.35. The molecule has 0 saturated carbocycles. The molecule has 0 saturated heterocycles. The van der Waals surface area contributed by atoms with Crippen LogP contribution in [0.4, 0.5) is 5.69 Å². The zero-order valence-electron chi connectivity index (χ0n) is 15.1. The number of hydrogen-bond donors (Lipinski definition) is 1. The molecule has 1 aromatic carbocycles. The number of aryl methyl sites for hydroxylation is 3. The van der Waals surface area contributed by atoms with Crippen LogP contribution >= 0.6 is 0 Å². The van der Waals surface area contributed by atoms with Gasteiger partial charge < -0.3 is 15.0 Å². The van der Waals surface area contributed by atoms with Gasteiger partial charge in [0.05, 0.1) is 19.6 Å². The molecule has 0 radical (unpaired) electrons. The lowest BCUT2D eigenvalue weighted by Gasteiger charge is -2.18. The van der Waals surface area contributed by atoms with Gasteiger partial charge in [-0.05, 0) is 38.8 Å². The second kappa shape index (κ2) is 9.05. The summed E-state index contributed by atoms with van der Waals surface area (Å²) in [5.41, 5.74) is 3.88. The Morgan fingerprint density at radius 3 is 2.21 bits per heavy atom. The Labute approximate surface area is 143 Å². The lowest BCUT2D eigenvalue weighted by atomic mass is 10.1. The van der Waals surface area contributed by atoms with Crippen molar-refractivity contribution >= 4 is 23.5 Å². The molecule has 0 aromatic heterocycles. The van der Waals surface area contributed by atoms with E-state index in [1.807, 2.05) is 32.9 Å². The molecule has 0 aliphatic heterocycles. The highest BCUT2D eigenvalue weighted by molar-refractivity contribution is 5.96. The van der Waals surface area contributed by atoms with Crippen molar-refractivity contribution in [2.45, 2.75) is 40.5 Å². The Morgan fingerprint density at radius 2 is 1.67 bits per heavy atom. The van der Waals surface area contributed by atoms with Crippen LogP contribution in [0.3, 0.4) is 0 Å². The normalized spacial score (nSPS) is 10.2. The second-order valence-corrected chi connectivity index (χ2v) is 5.88. The van der Waals surface area contributed by atoms with E-state index >= 15 is 0 Å². The van der Waals surface area contributed by atoms with Crippen molar-refractivity contribution in [3.8, 4) is 0 Å².